The molecule has 2 aliphatic rings. The van der Waals surface area contributed by atoms with Gasteiger partial charge in [0.2, 0.25) is 0 Å². The number of Topliss-reactive ketones (excluding diaryl/α,β-unsaturated/α-hetero) is 1. The topological polar surface area (TPSA) is 17.1 Å². The molecule has 0 bridgehead atoms. The van der Waals surface area contributed by atoms with Crippen LogP contribution >= 0.6 is 0 Å². The molecule has 18 heavy (non-hydrogen) atoms. The van der Waals surface area contributed by atoms with Gasteiger partial charge in [0.15, 0.2) is 5.78 Å². The van der Waals surface area contributed by atoms with E-state index < -0.39 is 0 Å². The summed E-state index contributed by atoms with van der Waals surface area (Å²) in [6, 6.07) is 10.2. The minimum Gasteiger partial charge on any atom is -0.294 e. The van der Waals surface area contributed by atoms with Gasteiger partial charge in [0.25, 0.3) is 0 Å². The molecule has 2 aliphatic carbocycles. The van der Waals surface area contributed by atoms with E-state index in [1.807, 2.05) is 18.2 Å². The molecule has 0 aliphatic heterocycles. The SMILES string of the molecule is O=C1/C(=C/c2ccccc2)CCCC12CCCC2. The van der Waals surface area contributed by atoms with Crippen LogP contribution in [0.15, 0.2) is 35.9 Å². The molecule has 3 rings (SSSR count). The van der Waals surface area contributed by atoms with Crippen molar-refractivity contribution in [2.75, 3.05) is 0 Å². The normalized spacial score (nSPS) is 24.9. The van der Waals surface area contributed by atoms with Gasteiger partial charge in [-0.3, -0.25) is 4.79 Å². The molecule has 0 atom stereocenters. The summed E-state index contributed by atoms with van der Waals surface area (Å²) < 4.78 is 0. The lowest BCUT2D eigenvalue weighted by atomic mass is 9.69. The molecular formula is C17H20O. The molecule has 0 heterocycles. The third-order valence-electron chi connectivity index (χ3n) is 4.58. The third-order valence-corrected chi connectivity index (χ3v) is 4.58. The van der Waals surface area contributed by atoms with Gasteiger partial charge in [-0.2, -0.15) is 0 Å². The van der Waals surface area contributed by atoms with Crippen molar-refractivity contribution in [1.29, 1.82) is 0 Å². The molecule has 1 heteroatoms. The first-order valence-electron chi connectivity index (χ1n) is 7.11. The Kier molecular flexibility index (Phi) is 3.07. The van der Waals surface area contributed by atoms with Crippen molar-refractivity contribution < 1.29 is 4.79 Å². The van der Waals surface area contributed by atoms with E-state index in [0.29, 0.717) is 5.78 Å². The molecule has 0 amide bonds. The highest BCUT2D eigenvalue weighted by Gasteiger charge is 2.43. The first-order chi connectivity index (χ1) is 8.80. The van der Waals surface area contributed by atoms with E-state index in [-0.39, 0.29) is 5.41 Å². The molecular weight excluding hydrogens is 220 g/mol. The van der Waals surface area contributed by atoms with Gasteiger partial charge in [0.1, 0.15) is 0 Å². The monoisotopic (exact) mass is 240 g/mol. The van der Waals surface area contributed by atoms with Crippen molar-refractivity contribution in [1.82, 2.24) is 0 Å². The summed E-state index contributed by atoms with van der Waals surface area (Å²) in [5.41, 5.74) is 2.25. The molecule has 0 aromatic heterocycles. The fourth-order valence-electron chi connectivity index (χ4n) is 3.60. The molecule has 0 N–H and O–H groups in total. The van der Waals surface area contributed by atoms with Crippen LogP contribution in [0.25, 0.3) is 6.08 Å². The maximum Gasteiger partial charge on any atom is 0.165 e. The minimum atomic E-state index is 0.0267. The maximum atomic E-state index is 12.7. The van der Waals surface area contributed by atoms with Gasteiger partial charge in [0, 0.05) is 5.41 Å². The lowest BCUT2D eigenvalue weighted by Gasteiger charge is -2.33. The molecule has 0 unspecified atom stereocenters. The first kappa shape index (κ1) is 11.7. The molecule has 1 spiro atoms. The van der Waals surface area contributed by atoms with Crippen LogP contribution in [0.3, 0.4) is 0 Å². The molecule has 0 saturated heterocycles. The fourth-order valence-corrected chi connectivity index (χ4v) is 3.60. The average Bonchev–Trinajstić information content (AvgIpc) is 2.86. The molecule has 1 aromatic rings. The van der Waals surface area contributed by atoms with Crippen LogP contribution in [-0.4, -0.2) is 5.78 Å². The standard InChI is InChI=1S/C17H20O/c18-16-15(13-14-7-2-1-3-8-14)9-6-12-17(16)10-4-5-11-17/h1-3,7-8,13H,4-6,9-12H2/b15-13+. The van der Waals surface area contributed by atoms with E-state index in [1.165, 1.54) is 19.3 Å². The Hall–Kier alpha value is -1.37. The maximum absolute atomic E-state index is 12.7. The Morgan fingerprint density at radius 2 is 1.61 bits per heavy atom. The summed E-state index contributed by atoms with van der Waals surface area (Å²) in [4.78, 5) is 12.7. The predicted molar refractivity (Wildman–Crippen MR) is 74.2 cm³/mol. The number of allylic oxidation sites excluding steroid dienone is 1. The Balaban J connectivity index is 1.89. The van der Waals surface area contributed by atoms with Gasteiger partial charge in [-0.15, -0.1) is 0 Å². The fraction of sp³-hybridized carbons (Fsp3) is 0.471. The zero-order valence-corrected chi connectivity index (χ0v) is 10.8. The summed E-state index contributed by atoms with van der Waals surface area (Å²) >= 11 is 0. The summed E-state index contributed by atoms with van der Waals surface area (Å²) in [6.07, 6.45) is 10.1. The van der Waals surface area contributed by atoms with Crippen molar-refractivity contribution in [3.05, 3.63) is 41.5 Å². The van der Waals surface area contributed by atoms with E-state index in [0.717, 1.165) is 36.8 Å². The quantitative estimate of drug-likeness (QED) is 0.666. The highest BCUT2D eigenvalue weighted by molar-refractivity contribution is 6.04. The van der Waals surface area contributed by atoms with Crippen LogP contribution in [-0.2, 0) is 4.79 Å². The van der Waals surface area contributed by atoms with Crippen LogP contribution in [0, 0.1) is 5.41 Å². The van der Waals surface area contributed by atoms with Gasteiger partial charge >= 0.3 is 0 Å². The lowest BCUT2D eigenvalue weighted by molar-refractivity contribution is -0.126. The number of carbonyl (C=O) groups is 1. The number of ketones is 1. The molecule has 94 valence electrons. The predicted octanol–water partition coefficient (Wildman–Crippen LogP) is 4.38. The van der Waals surface area contributed by atoms with Crippen LogP contribution in [0.1, 0.15) is 50.5 Å². The number of hydrogen-bond acceptors (Lipinski definition) is 1. The molecule has 2 fully saturated rings. The summed E-state index contributed by atoms with van der Waals surface area (Å²) in [6.45, 7) is 0. The Morgan fingerprint density at radius 1 is 0.944 bits per heavy atom. The van der Waals surface area contributed by atoms with E-state index >= 15 is 0 Å². The number of benzene rings is 1. The summed E-state index contributed by atoms with van der Waals surface area (Å²) in [5.74, 6) is 0.454. The van der Waals surface area contributed by atoms with Crippen molar-refractivity contribution in [3.63, 3.8) is 0 Å². The zero-order valence-electron chi connectivity index (χ0n) is 10.8. The van der Waals surface area contributed by atoms with Gasteiger partial charge in [-0.25, -0.2) is 0 Å². The summed E-state index contributed by atoms with van der Waals surface area (Å²) in [5, 5.41) is 0. The number of rotatable bonds is 1. The number of carbonyl (C=O) groups excluding carboxylic acids is 1. The molecule has 1 aromatic carbocycles. The molecule has 2 saturated carbocycles. The van der Waals surface area contributed by atoms with Crippen LogP contribution in [0.4, 0.5) is 0 Å². The van der Waals surface area contributed by atoms with Crippen LogP contribution in [0.2, 0.25) is 0 Å². The Morgan fingerprint density at radius 3 is 2.33 bits per heavy atom. The second-order valence-corrected chi connectivity index (χ2v) is 5.75. The smallest absolute Gasteiger partial charge is 0.165 e. The Bertz CT molecular complexity index is 464. The highest BCUT2D eigenvalue weighted by Crippen LogP contribution is 2.48. The second kappa shape index (κ2) is 4.72. The lowest BCUT2D eigenvalue weighted by Crippen LogP contribution is -2.32. The zero-order chi connectivity index (χ0) is 12.4. The van der Waals surface area contributed by atoms with Gasteiger partial charge in [-0.1, -0.05) is 43.2 Å². The van der Waals surface area contributed by atoms with Crippen molar-refractivity contribution in [2.45, 2.75) is 44.9 Å². The van der Waals surface area contributed by atoms with Crippen molar-refractivity contribution in [3.8, 4) is 0 Å². The third kappa shape index (κ3) is 2.03. The summed E-state index contributed by atoms with van der Waals surface area (Å²) in [7, 11) is 0. The molecule has 1 nitrogen and oxygen atoms in total. The average molecular weight is 240 g/mol. The van der Waals surface area contributed by atoms with E-state index in [2.05, 4.69) is 18.2 Å². The van der Waals surface area contributed by atoms with Gasteiger partial charge in [-0.05, 0) is 49.3 Å². The van der Waals surface area contributed by atoms with E-state index in [9.17, 15) is 4.79 Å². The van der Waals surface area contributed by atoms with Crippen LogP contribution in [0.5, 0.6) is 0 Å². The van der Waals surface area contributed by atoms with Crippen molar-refractivity contribution in [2.24, 2.45) is 5.41 Å². The van der Waals surface area contributed by atoms with E-state index in [1.54, 1.807) is 0 Å². The highest BCUT2D eigenvalue weighted by atomic mass is 16.1. The van der Waals surface area contributed by atoms with E-state index in [4.69, 9.17) is 0 Å². The van der Waals surface area contributed by atoms with Gasteiger partial charge in [0.05, 0.1) is 0 Å². The number of hydrogen-bond donors (Lipinski definition) is 0. The van der Waals surface area contributed by atoms with Crippen LogP contribution < -0.4 is 0 Å². The first-order valence-corrected chi connectivity index (χ1v) is 7.11. The van der Waals surface area contributed by atoms with Crippen molar-refractivity contribution >= 4 is 11.9 Å². The minimum absolute atomic E-state index is 0.0267. The Labute approximate surface area is 109 Å². The second-order valence-electron chi connectivity index (χ2n) is 5.75. The largest absolute Gasteiger partial charge is 0.294 e. The van der Waals surface area contributed by atoms with Gasteiger partial charge < -0.3 is 0 Å². The molecule has 0 radical (unpaired) electrons.